The molecule has 0 fully saturated rings. The van der Waals surface area contributed by atoms with Gasteiger partial charge in [0.15, 0.2) is 4.34 Å². The number of amides is 1. The zero-order valence-electron chi connectivity index (χ0n) is 11.8. The average Bonchev–Trinajstić information content (AvgIpc) is 2.83. The largest absolute Gasteiger partial charge is 0.368 e. The van der Waals surface area contributed by atoms with E-state index >= 15 is 0 Å². The van der Waals surface area contributed by atoms with Gasteiger partial charge < -0.3 is 16.0 Å². The van der Waals surface area contributed by atoms with E-state index in [0.29, 0.717) is 6.42 Å². The molecule has 1 atom stereocenters. The number of nitrogens with one attached hydrogen (secondary N) is 1. The van der Waals surface area contributed by atoms with Crippen molar-refractivity contribution < 1.29 is 4.79 Å². The number of carbonyl (C=O) groups excluding carboxylic acids is 1. The summed E-state index contributed by atoms with van der Waals surface area (Å²) < 4.78 is 0.953. The van der Waals surface area contributed by atoms with Crippen molar-refractivity contribution in [1.29, 1.82) is 0 Å². The summed E-state index contributed by atoms with van der Waals surface area (Å²) in [4.78, 5) is 13.3. The fraction of sp³-hybridized carbons (Fsp3) is 0.727. The highest BCUT2D eigenvalue weighted by Gasteiger charge is 2.27. The van der Waals surface area contributed by atoms with Crippen molar-refractivity contribution in [2.24, 2.45) is 5.73 Å². The van der Waals surface area contributed by atoms with Crippen LogP contribution in [0.3, 0.4) is 0 Å². The van der Waals surface area contributed by atoms with E-state index in [1.807, 2.05) is 25.9 Å². The fourth-order valence-corrected chi connectivity index (χ4v) is 3.17. The molecule has 1 aromatic rings. The lowest BCUT2D eigenvalue weighted by Gasteiger charge is -2.25. The van der Waals surface area contributed by atoms with Crippen molar-refractivity contribution in [3.05, 3.63) is 0 Å². The van der Waals surface area contributed by atoms with Gasteiger partial charge in [-0.25, -0.2) is 0 Å². The molecule has 3 N–H and O–H groups in total. The van der Waals surface area contributed by atoms with Gasteiger partial charge in [0.1, 0.15) is 0 Å². The van der Waals surface area contributed by atoms with Gasteiger partial charge in [-0.1, -0.05) is 23.1 Å². The Morgan fingerprint density at radius 2 is 2.21 bits per heavy atom. The van der Waals surface area contributed by atoms with Gasteiger partial charge in [0.25, 0.3) is 0 Å². The monoisotopic (exact) mass is 303 g/mol. The summed E-state index contributed by atoms with van der Waals surface area (Å²) in [6.45, 7) is 1.83. The molecule has 0 aliphatic heterocycles. The topological polar surface area (TPSA) is 84.1 Å². The van der Waals surface area contributed by atoms with Crippen molar-refractivity contribution >= 4 is 34.1 Å². The third-order valence-corrected chi connectivity index (χ3v) is 5.23. The SMILES string of the molecule is CNC(C)(CCCSc1nnc(N(C)C)s1)C(N)=O. The average molecular weight is 303 g/mol. The van der Waals surface area contributed by atoms with E-state index in [0.717, 1.165) is 21.6 Å². The number of anilines is 1. The lowest BCUT2D eigenvalue weighted by atomic mass is 9.96. The first-order valence-electron chi connectivity index (χ1n) is 6.01. The molecule has 19 heavy (non-hydrogen) atoms. The van der Waals surface area contributed by atoms with Gasteiger partial charge in [0.05, 0.1) is 5.54 Å². The van der Waals surface area contributed by atoms with Crippen LogP contribution in [-0.4, -0.2) is 48.5 Å². The van der Waals surface area contributed by atoms with E-state index in [2.05, 4.69) is 15.5 Å². The highest BCUT2D eigenvalue weighted by Crippen LogP contribution is 2.28. The molecule has 108 valence electrons. The van der Waals surface area contributed by atoms with Gasteiger partial charge in [-0.2, -0.15) is 0 Å². The minimum Gasteiger partial charge on any atom is -0.368 e. The predicted octanol–water partition coefficient (Wildman–Crippen LogP) is 0.940. The molecule has 0 spiro atoms. The number of nitrogens with zero attached hydrogens (tertiary/aromatic N) is 3. The number of hydrogen-bond acceptors (Lipinski definition) is 7. The van der Waals surface area contributed by atoms with Gasteiger partial charge in [0.2, 0.25) is 11.0 Å². The predicted molar refractivity (Wildman–Crippen MR) is 80.9 cm³/mol. The van der Waals surface area contributed by atoms with Crippen LogP contribution in [0.1, 0.15) is 19.8 Å². The van der Waals surface area contributed by atoms with Crippen LogP contribution in [0.5, 0.6) is 0 Å². The van der Waals surface area contributed by atoms with Crippen LogP contribution in [0, 0.1) is 0 Å². The molecule has 1 unspecified atom stereocenters. The third-order valence-electron chi connectivity index (χ3n) is 2.92. The third kappa shape index (κ3) is 4.63. The molecule has 0 aliphatic rings. The van der Waals surface area contributed by atoms with Gasteiger partial charge >= 0.3 is 0 Å². The van der Waals surface area contributed by atoms with Crippen molar-refractivity contribution in [3.63, 3.8) is 0 Å². The Kier molecular flexibility index (Phi) is 6.02. The fourth-order valence-electron chi connectivity index (χ4n) is 1.40. The molecule has 0 saturated heterocycles. The van der Waals surface area contributed by atoms with Gasteiger partial charge in [-0.3, -0.25) is 4.79 Å². The summed E-state index contributed by atoms with van der Waals surface area (Å²) >= 11 is 3.23. The van der Waals surface area contributed by atoms with Crippen LogP contribution < -0.4 is 16.0 Å². The quantitative estimate of drug-likeness (QED) is 0.549. The highest BCUT2D eigenvalue weighted by molar-refractivity contribution is 8.01. The first kappa shape index (κ1) is 16.2. The van der Waals surface area contributed by atoms with E-state index in [-0.39, 0.29) is 5.91 Å². The number of hydrogen-bond donors (Lipinski definition) is 2. The van der Waals surface area contributed by atoms with Crippen LogP contribution in [0.4, 0.5) is 5.13 Å². The zero-order chi connectivity index (χ0) is 14.5. The smallest absolute Gasteiger partial charge is 0.237 e. The van der Waals surface area contributed by atoms with Crippen molar-refractivity contribution in [3.8, 4) is 0 Å². The van der Waals surface area contributed by atoms with E-state index in [4.69, 9.17) is 5.73 Å². The molecule has 1 rings (SSSR count). The minimum absolute atomic E-state index is 0.314. The molecule has 1 heterocycles. The first-order valence-corrected chi connectivity index (χ1v) is 7.81. The summed E-state index contributed by atoms with van der Waals surface area (Å²) in [5.41, 5.74) is 4.75. The molecule has 0 bridgehead atoms. The molecule has 0 saturated carbocycles. The van der Waals surface area contributed by atoms with Gasteiger partial charge in [0, 0.05) is 19.8 Å². The Hall–Kier alpha value is -0.860. The number of primary amides is 1. The standard InChI is InChI=1S/C11H21N5OS2/c1-11(13-2,8(12)17)6-5-7-18-10-15-14-9(19-10)16(3)4/h13H,5-7H2,1-4H3,(H2,12,17). The maximum atomic E-state index is 11.3. The Morgan fingerprint density at radius 1 is 1.53 bits per heavy atom. The van der Waals surface area contributed by atoms with Gasteiger partial charge in [-0.15, -0.1) is 10.2 Å². The summed E-state index contributed by atoms with van der Waals surface area (Å²) in [7, 11) is 5.65. The van der Waals surface area contributed by atoms with Crippen LogP contribution >= 0.6 is 23.1 Å². The van der Waals surface area contributed by atoms with Crippen LogP contribution in [0.25, 0.3) is 0 Å². The van der Waals surface area contributed by atoms with Crippen molar-refractivity contribution in [1.82, 2.24) is 15.5 Å². The van der Waals surface area contributed by atoms with E-state index in [1.54, 1.807) is 30.1 Å². The molecule has 6 nitrogen and oxygen atoms in total. The highest BCUT2D eigenvalue weighted by atomic mass is 32.2. The molecule has 1 amide bonds. The number of carbonyl (C=O) groups is 1. The van der Waals surface area contributed by atoms with E-state index in [1.165, 1.54) is 0 Å². The number of aromatic nitrogens is 2. The maximum Gasteiger partial charge on any atom is 0.237 e. The first-order chi connectivity index (χ1) is 8.89. The molecule has 0 aliphatic carbocycles. The zero-order valence-corrected chi connectivity index (χ0v) is 13.4. The maximum absolute atomic E-state index is 11.3. The Balaban J connectivity index is 2.36. The number of thioether (sulfide) groups is 1. The normalized spacial score (nSPS) is 14.1. The van der Waals surface area contributed by atoms with Gasteiger partial charge in [-0.05, 0) is 26.8 Å². The second-order valence-corrected chi connectivity index (χ2v) is 6.94. The second-order valence-electron chi connectivity index (χ2n) is 4.64. The molecule has 8 heteroatoms. The molecular formula is C11H21N5OS2. The number of rotatable bonds is 8. The van der Waals surface area contributed by atoms with Crippen LogP contribution in [-0.2, 0) is 4.79 Å². The van der Waals surface area contributed by atoms with Crippen molar-refractivity contribution in [2.75, 3.05) is 31.8 Å². The Labute approximate surface area is 122 Å². The lowest BCUT2D eigenvalue weighted by molar-refractivity contribution is -0.123. The van der Waals surface area contributed by atoms with Crippen molar-refractivity contribution in [2.45, 2.75) is 29.6 Å². The van der Waals surface area contributed by atoms with Crippen LogP contribution in [0.15, 0.2) is 4.34 Å². The molecule has 0 aromatic carbocycles. The Morgan fingerprint density at radius 3 is 2.68 bits per heavy atom. The second kappa shape index (κ2) is 7.06. The molecular weight excluding hydrogens is 282 g/mol. The molecule has 0 radical (unpaired) electrons. The summed E-state index contributed by atoms with van der Waals surface area (Å²) in [6.07, 6.45) is 1.60. The van der Waals surface area contributed by atoms with E-state index in [9.17, 15) is 4.79 Å². The summed E-state index contributed by atoms with van der Waals surface area (Å²) in [5.74, 6) is 0.581. The van der Waals surface area contributed by atoms with Crippen LogP contribution in [0.2, 0.25) is 0 Å². The molecule has 1 aromatic heterocycles. The van der Waals surface area contributed by atoms with E-state index < -0.39 is 5.54 Å². The Bertz CT molecular complexity index is 423. The lowest BCUT2D eigenvalue weighted by Crippen LogP contribution is -2.51. The minimum atomic E-state index is -0.628. The number of likely N-dealkylation sites (N-methyl/N-ethyl adjacent to an activating group) is 1. The summed E-state index contributed by atoms with van der Waals surface area (Å²) in [5, 5.41) is 12.1. The number of nitrogens with two attached hydrogens (primary N) is 1. The summed E-state index contributed by atoms with van der Waals surface area (Å²) in [6, 6.07) is 0.